The molecule has 0 spiro atoms. The summed E-state index contributed by atoms with van der Waals surface area (Å²) in [5.41, 5.74) is 1.89. The summed E-state index contributed by atoms with van der Waals surface area (Å²) in [4.78, 5) is 6.69. The smallest absolute Gasteiger partial charge is 0.168 e. The number of rotatable bonds is 5. The van der Waals surface area contributed by atoms with Crippen molar-refractivity contribution < 1.29 is 0 Å². The number of nitrogens with zero attached hydrogens (tertiary/aromatic N) is 2. The predicted octanol–water partition coefficient (Wildman–Crippen LogP) is 3.41. The lowest BCUT2D eigenvalue weighted by molar-refractivity contribution is 0.781. The van der Waals surface area contributed by atoms with Gasteiger partial charge in [-0.3, -0.25) is 0 Å². The van der Waals surface area contributed by atoms with Gasteiger partial charge in [0.15, 0.2) is 5.17 Å². The average molecular weight is 471 g/mol. The van der Waals surface area contributed by atoms with Crippen LogP contribution in [0, 0.1) is 0 Å². The average Bonchev–Trinajstić information content (AvgIpc) is 2.87. The highest BCUT2D eigenvalue weighted by atomic mass is 33.5. The van der Waals surface area contributed by atoms with E-state index in [2.05, 4.69) is 28.1 Å². The molecule has 0 aliphatic carbocycles. The zero-order valence-electron chi connectivity index (χ0n) is 13.1. The third-order valence-electron chi connectivity index (χ3n) is 3.80. The molecule has 1 aliphatic rings. The quantitative estimate of drug-likeness (QED) is 0.503. The predicted molar refractivity (Wildman–Crippen MR) is 130 cm³/mol. The molecular formula is C14H18N2S8. The van der Waals surface area contributed by atoms with Crippen molar-refractivity contribution in [2.24, 2.45) is 4.99 Å². The zero-order valence-corrected chi connectivity index (χ0v) is 19.8. The monoisotopic (exact) mass is 470 g/mol. The maximum absolute atomic E-state index is 5.49. The van der Waals surface area contributed by atoms with Crippen molar-refractivity contribution in [3.8, 4) is 0 Å². The second-order valence-electron chi connectivity index (χ2n) is 5.50. The van der Waals surface area contributed by atoms with Crippen LogP contribution in [0.15, 0.2) is 47.6 Å². The van der Waals surface area contributed by atoms with Gasteiger partial charge >= 0.3 is 0 Å². The Morgan fingerprint density at radius 1 is 1.38 bits per heavy atom. The van der Waals surface area contributed by atoms with Crippen LogP contribution in [0.25, 0.3) is 0 Å². The molecule has 0 N–H and O–H groups in total. The summed E-state index contributed by atoms with van der Waals surface area (Å²) in [6, 6.07) is 10.1. The second-order valence-corrected chi connectivity index (χ2v) is 20.0. The van der Waals surface area contributed by atoms with Crippen LogP contribution < -0.4 is 4.90 Å². The van der Waals surface area contributed by atoms with E-state index >= 15 is 0 Å². The van der Waals surface area contributed by atoms with E-state index in [1.165, 1.54) is 0 Å². The number of thiol groups is 2. The van der Waals surface area contributed by atoms with Gasteiger partial charge < -0.3 is 4.90 Å². The molecule has 2 rings (SSSR count). The largest absolute Gasteiger partial charge is 0.324 e. The molecule has 0 saturated heterocycles. The number of hydrogen-bond acceptors (Lipinski definition) is 7. The fraction of sp³-hybridized carbons (Fsp3) is 0.357. The Kier molecular flexibility index (Phi) is 7.15. The molecule has 1 heterocycles. The number of aliphatic imine (C=N–C) groups is 1. The van der Waals surface area contributed by atoms with Crippen molar-refractivity contribution in [2.45, 2.75) is 22.7 Å². The minimum atomic E-state index is -2.00. The standard InChI is InChI=1S/C14H18N2S8/c1-10-12(9-14(2,23(17)18)24(19,20)21)22-13(15-10)16(3)11-7-5-4-6-8-11/h4-8,12,23H,1,9H2,2-3H3,(H,19,20,21)/t12-,14?/m0/s1. The van der Waals surface area contributed by atoms with Crippen LogP contribution in [0.1, 0.15) is 13.3 Å². The Labute approximate surface area is 174 Å². The molecule has 0 fully saturated rings. The van der Waals surface area contributed by atoms with Crippen LogP contribution in [0.4, 0.5) is 5.69 Å². The highest BCUT2D eigenvalue weighted by Crippen LogP contribution is 2.40. The van der Waals surface area contributed by atoms with Gasteiger partial charge in [0, 0.05) is 18.4 Å². The maximum atomic E-state index is 5.49. The number of para-hydroxylation sites is 1. The number of hydrogen-bond donors (Lipinski definition) is 2. The van der Waals surface area contributed by atoms with Gasteiger partial charge in [0.05, 0.1) is 9.33 Å². The topological polar surface area (TPSA) is 15.6 Å². The maximum Gasteiger partial charge on any atom is 0.168 e. The third kappa shape index (κ3) is 4.51. The van der Waals surface area contributed by atoms with E-state index in [0.717, 1.165) is 16.6 Å². The Morgan fingerprint density at radius 3 is 2.46 bits per heavy atom. The second kappa shape index (κ2) is 8.16. The molecular weight excluding hydrogens is 453 g/mol. The summed E-state index contributed by atoms with van der Waals surface area (Å²) in [5, 5.41) is 0.988. The van der Waals surface area contributed by atoms with Crippen molar-refractivity contribution in [3.05, 3.63) is 42.6 Å². The molecule has 2 nitrogen and oxygen atoms in total. The molecule has 0 amide bonds. The van der Waals surface area contributed by atoms with Gasteiger partial charge in [-0.2, -0.15) is 0 Å². The third-order valence-corrected chi connectivity index (χ3v) is 16.4. The van der Waals surface area contributed by atoms with Crippen LogP contribution in [0.5, 0.6) is 0 Å². The fourth-order valence-electron chi connectivity index (χ4n) is 2.11. The molecule has 1 aliphatic heterocycles. The first-order valence-electron chi connectivity index (χ1n) is 6.90. The Balaban J connectivity index is 2.21. The Hall–Kier alpha value is 0.710. The normalized spacial score (nSPS) is 20.8. The molecule has 0 radical (unpaired) electrons. The molecule has 132 valence electrons. The van der Waals surface area contributed by atoms with E-state index in [0.29, 0.717) is 6.42 Å². The van der Waals surface area contributed by atoms with Crippen molar-refractivity contribution in [1.82, 2.24) is 0 Å². The summed E-state index contributed by atoms with van der Waals surface area (Å²) >= 11 is 28.0. The molecule has 2 atom stereocenters. The summed E-state index contributed by atoms with van der Waals surface area (Å²) in [7, 11) is 0.855. The van der Waals surface area contributed by atoms with Crippen molar-refractivity contribution in [1.29, 1.82) is 0 Å². The van der Waals surface area contributed by atoms with Gasteiger partial charge in [-0.25, -0.2) is 4.99 Å². The van der Waals surface area contributed by atoms with Crippen LogP contribution >= 0.6 is 23.4 Å². The number of amidine groups is 1. The first-order valence-corrected chi connectivity index (χ1v) is 15.7. The van der Waals surface area contributed by atoms with Gasteiger partial charge in [0.2, 0.25) is 0 Å². The summed E-state index contributed by atoms with van der Waals surface area (Å²) in [5.74, 6) is 0. The summed E-state index contributed by atoms with van der Waals surface area (Å²) in [6.07, 6.45) is -1.32. The molecule has 24 heavy (non-hydrogen) atoms. The highest BCUT2D eigenvalue weighted by molar-refractivity contribution is 8.95. The van der Waals surface area contributed by atoms with E-state index in [9.17, 15) is 0 Å². The molecule has 0 aromatic heterocycles. The first kappa shape index (κ1) is 21.0. The lowest BCUT2D eigenvalue weighted by atomic mass is 10.2. The number of benzene rings is 1. The van der Waals surface area contributed by atoms with E-state index in [-0.39, 0.29) is 5.25 Å². The van der Waals surface area contributed by atoms with Crippen molar-refractivity contribution in [2.75, 3.05) is 11.9 Å². The van der Waals surface area contributed by atoms with Crippen molar-refractivity contribution in [3.63, 3.8) is 0 Å². The van der Waals surface area contributed by atoms with Crippen LogP contribution in [0.2, 0.25) is 0 Å². The molecule has 0 bridgehead atoms. The molecule has 1 unspecified atom stereocenters. The zero-order chi connectivity index (χ0) is 18.1. The molecule has 1 aromatic rings. The summed E-state index contributed by atoms with van der Waals surface area (Å²) in [6.45, 7) is 6.10. The van der Waals surface area contributed by atoms with Gasteiger partial charge in [-0.1, -0.05) is 44.6 Å². The van der Waals surface area contributed by atoms with Crippen molar-refractivity contribution >= 4 is 93.2 Å². The minimum Gasteiger partial charge on any atom is -0.324 e. The van der Waals surface area contributed by atoms with Gasteiger partial charge in [-0.15, -0.1) is 11.7 Å². The van der Waals surface area contributed by atoms with E-state index in [4.69, 9.17) is 44.8 Å². The lowest BCUT2D eigenvalue weighted by Gasteiger charge is -2.31. The number of anilines is 1. The highest BCUT2D eigenvalue weighted by Gasteiger charge is 2.38. The molecule has 0 saturated carbocycles. The molecule has 1 aromatic carbocycles. The molecule has 10 heteroatoms. The Bertz CT molecular complexity index is 833. The minimum absolute atomic E-state index is 0.0805. The van der Waals surface area contributed by atoms with E-state index in [1.54, 1.807) is 11.8 Å². The van der Waals surface area contributed by atoms with E-state index < -0.39 is 18.3 Å². The van der Waals surface area contributed by atoms with Gasteiger partial charge in [0.25, 0.3) is 0 Å². The fourth-order valence-corrected chi connectivity index (χ4v) is 13.0. The first-order chi connectivity index (χ1) is 11.1. The van der Waals surface area contributed by atoms with Gasteiger partial charge in [-0.05, 0) is 76.4 Å². The van der Waals surface area contributed by atoms with Gasteiger partial charge in [0.1, 0.15) is 0 Å². The van der Waals surface area contributed by atoms with Crippen LogP contribution in [-0.2, 0) is 58.9 Å². The van der Waals surface area contributed by atoms with Crippen LogP contribution in [-0.4, -0.2) is 21.5 Å². The summed E-state index contributed by atoms with van der Waals surface area (Å²) < 4.78 is -0.488. The van der Waals surface area contributed by atoms with Crippen LogP contribution in [0.3, 0.4) is 0 Å². The van der Waals surface area contributed by atoms with E-state index in [1.807, 2.05) is 44.3 Å². The number of thioether (sulfide) groups is 1. The lowest BCUT2D eigenvalue weighted by Crippen LogP contribution is -2.35. The Morgan fingerprint density at radius 2 is 1.96 bits per heavy atom. The SMILES string of the molecule is C=C1N=C(N(C)c2ccccc2)S[C@H]1CC(C)([SH](=S)=S)S(=S)(=S)S.